The van der Waals surface area contributed by atoms with Crippen LogP contribution >= 0.6 is 22.7 Å². The zero-order valence-corrected chi connectivity index (χ0v) is 17.8. The maximum atomic E-state index is 12.6. The number of aryl methyl sites for hydroxylation is 1. The Bertz CT molecular complexity index is 1290. The number of para-hydroxylation sites is 1. The van der Waals surface area contributed by atoms with Crippen molar-refractivity contribution in [1.82, 2.24) is 4.98 Å². The van der Waals surface area contributed by atoms with Crippen LogP contribution in [0.3, 0.4) is 0 Å². The summed E-state index contributed by atoms with van der Waals surface area (Å²) < 4.78 is 24.7. The molecule has 0 atom stereocenters. The number of thiazole rings is 1. The molecule has 3 N–H and O–H groups in total. The average Bonchev–Trinajstić information content (AvgIpc) is 3.34. The van der Waals surface area contributed by atoms with E-state index >= 15 is 0 Å². The number of fused-ring (bicyclic) bond motifs is 1. The standard InChI is InChI=1S/C20H17N3O3S3/c1-2-12-7-8-13(11-18(12)29(21,25)26)22-19(24)16-9-10-17(27-16)20-23-14-5-3-4-6-15(14)28-20/h3-11H,2H2,1H3,(H,22,24)(H2,21,25,26). The number of nitrogens with zero attached hydrogens (tertiary/aromatic N) is 1. The zero-order chi connectivity index (χ0) is 20.6. The average molecular weight is 444 g/mol. The number of rotatable bonds is 5. The Morgan fingerprint density at radius 2 is 1.90 bits per heavy atom. The number of primary sulfonamides is 1. The van der Waals surface area contributed by atoms with Crippen molar-refractivity contribution in [1.29, 1.82) is 0 Å². The Balaban J connectivity index is 1.58. The van der Waals surface area contributed by atoms with Crippen molar-refractivity contribution in [3.8, 4) is 9.88 Å². The molecule has 0 radical (unpaired) electrons. The highest BCUT2D eigenvalue weighted by Crippen LogP contribution is 2.34. The van der Waals surface area contributed by atoms with Crippen molar-refractivity contribution in [2.24, 2.45) is 5.14 Å². The van der Waals surface area contributed by atoms with E-state index in [1.165, 1.54) is 17.4 Å². The van der Waals surface area contributed by atoms with Crippen LogP contribution in [0.2, 0.25) is 0 Å². The number of carbonyl (C=O) groups excluding carboxylic acids is 1. The van der Waals surface area contributed by atoms with Crippen molar-refractivity contribution >= 4 is 54.5 Å². The molecule has 6 nitrogen and oxygen atoms in total. The Hall–Kier alpha value is -2.59. The van der Waals surface area contributed by atoms with Gasteiger partial charge in [-0.05, 0) is 48.4 Å². The van der Waals surface area contributed by atoms with Gasteiger partial charge in [0.1, 0.15) is 5.01 Å². The van der Waals surface area contributed by atoms with E-state index in [0.717, 1.165) is 20.1 Å². The molecule has 148 valence electrons. The predicted molar refractivity (Wildman–Crippen MR) is 118 cm³/mol. The molecule has 0 fully saturated rings. The van der Waals surface area contributed by atoms with Gasteiger partial charge in [0.15, 0.2) is 0 Å². The third-order valence-electron chi connectivity index (χ3n) is 4.35. The Kier molecular flexibility index (Phi) is 5.22. The molecule has 0 spiro atoms. The van der Waals surface area contributed by atoms with Gasteiger partial charge in [0, 0.05) is 5.69 Å². The van der Waals surface area contributed by atoms with Gasteiger partial charge in [-0.1, -0.05) is 25.1 Å². The minimum absolute atomic E-state index is 0.0270. The van der Waals surface area contributed by atoms with Crippen LogP contribution in [0.5, 0.6) is 0 Å². The number of carbonyl (C=O) groups is 1. The van der Waals surface area contributed by atoms with Gasteiger partial charge < -0.3 is 5.32 Å². The molecule has 2 aromatic carbocycles. The molecule has 9 heteroatoms. The van der Waals surface area contributed by atoms with Gasteiger partial charge in [0.2, 0.25) is 10.0 Å². The van der Waals surface area contributed by atoms with Gasteiger partial charge in [-0.15, -0.1) is 22.7 Å². The number of amides is 1. The number of hydrogen-bond donors (Lipinski definition) is 2. The van der Waals surface area contributed by atoms with Gasteiger partial charge in [0.25, 0.3) is 5.91 Å². The molecule has 4 aromatic rings. The summed E-state index contributed by atoms with van der Waals surface area (Å²) in [6, 6.07) is 16.2. The second-order valence-corrected chi connectivity index (χ2v) is 9.97. The number of benzene rings is 2. The van der Waals surface area contributed by atoms with Crippen molar-refractivity contribution in [3.63, 3.8) is 0 Å². The Morgan fingerprint density at radius 3 is 2.62 bits per heavy atom. The fourth-order valence-electron chi connectivity index (χ4n) is 2.93. The number of nitrogens with one attached hydrogen (secondary N) is 1. The number of anilines is 1. The van der Waals surface area contributed by atoms with Gasteiger partial charge in [-0.25, -0.2) is 18.5 Å². The first-order valence-corrected chi connectivity index (χ1v) is 12.0. The fourth-order valence-corrected chi connectivity index (χ4v) is 5.73. The highest BCUT2D eigenvalue weighted by molar-refractivity contribution is 7.89. The quantitative estimate of drug-likeness (QED) is 0.474. The highest BCUT2D eigenvalue weighted by Gasteiger charge is 2.17. The highest BCUT2D eigenvalue weighted by atomic mass is 32.2. The second kappa shape index (κ2) is 7.68. The van der Waals surface area contributed by atoms with Gasteiger partial charge in [-0.3, -0.25) is 4.79 Å². The lowest BCUT2D eigenvalue weighted by Crippen LogP contribution is -2.16. The fraction of sp³-hybridized carbons (Fsp3) is 0.100. The van der Waals surface area contributed by atoms with E-state index in [4.69, 9.17) is 5.14 Å². The predicted octanol–water partition coefficient (Wildman–Crippen LogP) is 4.49. The molecule has 1 amide bonds. The molecule has 2 aromatic heterocycles. The summed E-state index contributed by atoms with van der Waals surface area (Å²) in [4.78, 5) is 18.7. The van der Waals surface area contributed by atoms with E-state index in [0.29, 0.717) is 22.5 Å². The first kappa shape index (κ1) is 19.7. The van der Waals surface area contributed by atoms with Crippen LogP contribution in [0.25, 0.3) is 20.1 Å². The van der Waals surface area contributed by atoms with Crippen LogP contribution in [0.4, 0.5) is 5.69 Å². The molecule has 0 bridgehead atoms. The summed E-state index contributed by atoms with van der Waals surface area (Å²) in [5, 5.41) is 8.91. The van der Waals surface area contributed by atoms with E-state index in [1.54, 1.807) is 29.5 Å². The second-order valence-electron chi connectivity index (χ2n) is 6.33. The molecule has 29 heavy (non-hydrogen) atoms. The van der Waals surface area contributed by atoms with Crippen LogP contribution in [0.15, 0.2) is 59.5 Å². The SMILES string of the molecule is CCc1ccc(NC(=O)c2ccc(-c3nc4ccccc4s3)s2)cc1S(N)(=O)=O. The van der Waals surface area contributed by atoms with Gasteiger partial charge in [-0.2, -0.15) is 0 Å². The van der Waals surface area contributed by atoms with E-state index < -0.39 is 10.0 Å². The summed E-state index contributed by atoms with van der Waals surface area (Å²) in [6.07, 6.45) is 0.524. The van der Waals surface area contributed by atoms with Gasteiger partial charge >= 0.3 is 0 Å². The third kappa shape index (κ3) is 4.08. The van der Waals surface area contributed by atoms with Crippen molar-refractivity contribution in [3.05, 3.63) is 65.0 Å². The van der Waals surface area contributed by atoms with Crippen LogP contribution in [0, 0.1) is 0 Å². The molecule has 0 aliphatic carbocycles. The smallest absolute Gasteiger partial charge is 0.265 e. The zero-order valence-electron chi connectivity index (χ0n) is 15.4. The first-order valence-electron chi connectivity index (χ1n) is 8.78. The molecule has 0 aliphatic rings. The topological polar surface area (TPSA) is 102 Å². The van der Waals surface area contributed by atoms with Crippen molar-refractivity contribution < 1.29 is 13.2 Å². The molecule has 0 unspecified atom stereocenters. The first-order chi connectivity index (χ1) is 13.8. The van der Waals surface area contributed by atoms with Crippen LogP contribution < -0.4 is 10.5 Å². The van der Waals surface area contributed by atoms with Crippen molar-refractivity contribution in [2.75, 3.05) is 5.32 Å². The van der Waals surface area contributed by atoms with Crippen LogP contribution in [-0.4, -0.2) is 19.3 Å². The molecular formula is C20H17N3O3S3. The van der Waals surface area contributed by atoms with E-state index in [9.17, 15) is 13.2 Å². The largest absolute Gasteiger partial charge is 0.321 e. The molecule has 4 rings (SSSR count). The molecule has 0 saturated heterocycles. The monoisotopic (exact) mass is 443 g/mol. The summed E-state index contributed by atoms with van der Waals surface area (Å²) in [7, 11) is -3.87. The van der Waals surface area contributed by atoms with Crippen molar-refractivity contribution in [2.45, 2.75) is 18.2 Å². The number of aromatic nitrogens is 1. The lowest BCUT2D eigenvalue weighted by Gasteiger charge is -2.09. The minimum atomic E-state index is -3.87. The molecule has 0 aliphatic heterocycles. The lowest BCUT2D eigenvalue weighted by molar-refractivity contribution is 0.103. The van der Waals surface area contributed by atoms with Gasteiger partial charge in [0.05, 0.1) is 24.9 Å². The Labute approximate surface area is 176 Å². The molecular weight excluding hydrogens is 426 g/mol. The minimum Gasteiger partial charge on any atom is -0.321 e. The number of nitrogens with two attached hydrogens (primary N) is 1. The lowest BCUT2D eigenvalue weighted by atomic mass is 10.1. The summed E-state index contributed by atoms with van der Waals surface area (Å²) >= 11 is 2.91. The molecule has 2 heterocycles. The number of hydrogen-bond acceptors (Lipinski definition) is 6. The maximum absolute atomic E-state index is 12.6. The van der Waals surface area contributed by atoms with E-state index in [-0.39, 0.29) is 10.8 Å². The van der Waals surface area contributed by atoms with Crippen LogP contribution in [0.1, 0.15) is 22.2 Å². The normalized spacial score (nSPS) is 11.7. The maximum Gasteiger partial charge on any atom is 0.265 e. The summed E-state index contributed by atoms with van der Waals surface area (Å²) in [5.74, 6) is -0.313. The third-order valence-corrected chi connectivity index (χ3v) is 7.63. The summed E-state index contributed by atoms with van der Waals surface area (Å²) in [6.45, 7) is 1.84. The Morgan fingerprint density at radius 1 is 1.10 bits per heavy atom. The van der Waals surface area contributed by atoms with E-state index in [1.807, 2.05) is 37.3 Å². The summed E-state index contributed by atoms with van der Waals surface area (Å²) in [5.41, 5.74) is 1.92. The van der Waals surface area contributed by atoms with E-state index in [2.05, 4.69) is 10.3 Å². The molecule has 0 saturated carbocycles. The van der Waals surface area contributed by atoms with Crippen LogP contribution in [-0.2, 0) is 16.4 Å². The number of sulfonamides is 1. The number of thiophene rings is 1.